The van der Waals surface area contributed by atoms with Gasteiger partial charge in [0.1, 0.15) is 11.1 Å². The van der Waals surface area contributed by atoms with Crippen molar-refractivity contribution in [1.29, 1.82) is 5.26 Å². The van der Waals surface area contributed by atoms with Crippen LogP contribution in [0.3, 0.4) is 0 Å². The summed E-state index contributed by atoms with van der Waals surface area (Å²) in [5.41, 5.74) is 5.43. The van der Waals surface area contributed by atoms with Crippen LogP contribution in [0.25, 0.3) is 21.3 Å². The number of likely N-dealkylation sites (tertiary alicyclic amines) is 1. The van der Waals surface area contributed by atoms with E-state index in [0.717, 1.165) is 58.7 Å². The van der Waals surface area contributed by atoms with Crippen LogP contribution in [0.5, 0.6) is 0 Å². The van der Waals surface area contributed by atoms with Gasteiger partial charge in [0.25, 0.3) is 0 Å². The second-order valence-electron chi connectivity index (χ2n) is 8.70. The van der Waals surface area contributed by atoms with E-state index in [-0.39, 0.29) is 12.2 Å². The predicted molar refractivity (Wildman–Crippen MR) is 134 cm³/mol. The Morgan fingerprint density at radius 1 is 1.03 bits per heavy atom. The molecule has 4 aromatic rings. The van der Waals surface area contributed by atoms with Crippen LogP contribution >= 0.6 is 11.3 Å². The number of ether oxygens (including phenoxy) is 1. The first-order valence-electron chi connectivity index (χ1n) is 11.5. The molecule has 1 unspecified atom stereocenters. The van der Waals surface area contributed by atoms with Gasteiger partial charge in [0.05, 0.1) is 28.8 Å². The van der Waals surface area contributed by atoms with E-state index in [4.69, 9.17) is 15.0 Å². The summed E-state index contributed by atoms with van der Waals surface area (Å²) >= 11 is 1.72. The molecule has 1 aliphatic heterocycles. The van der Waals surface area contributed by atoms with Gasteiger partial charge in [-0.2, -0.15) is 5.26 Å². The minimum atomic E-state index is -0.196. The van der Waals surface area contributed by atoms with E-state index in [2.05, 4.69) is 72.6 Å². The van der Waals surface area contributed by atoms with Crippen molar-refractivity contribution in [2.24, 2.45) is 0 Å². The number of hydrogen-bond acceptors (Lipinski definition) is 5. The van der Waals surface area contributed by atoms with Gasteiger partial charge in [-0.15, -0.1) is 11.3 Å². The molecule has 5 heteroatoms. The Kier molecular flexibility index (Phi) is 6.50. The zero-order chi connectivity index (χ0) is 22.6. The molecule has 1 saturated heterocycles. The lowest BCUT2D eigenvalue weighted by Crippen LogP contribution is -2.35. The summed E-state index contributed by atoms with van der Waals surface area (Å²) < 4.78 is 7.96. The lowest BCUT2D eigenvalue weighted by atomic mass is 9.98. The van der Waals surface area contributed by atoms with Crippen molar-refractivity contribution in [1.82, 2.24) is 9.88 Å². The highest BCUT2D eigenvalue weighted by molar-refractivity contribution is 7.18. The van der Waals surface area contributed by atoms with Gasteiger partial charge < -0.3 is 9.64 Å². The summed E-state index contributed by atoms with van der Waals surface area (Å²) in [6, 6.07) is 27.4. The van der Waals surface area contributed by atoms with E-state index >= 15 is 0 Å². The number of nitrogens with zero attached hydrogens (tertiary/aromatic N) is 3. The minimum Gasteiger partial charge on any atom is -0.363 e. The van der Waals surface area contributed by atoms with Crippen LogP contribution in [-0.4, -0.2) is 36.1 Å². The van der Waals surface area contributed by atoms with Gasteiger partial charge in [0, 0.05) is 13.1 Å². The van der Waals surface area contributed by atoms with Crippen LogP contribution in [0.2, 0.25) is 0 Å². The third kappa shape index (κ3) is 4.99. The Hall–Kier alpha value is -3.04. The average Bonchev–Trinajstić information content (AvgIpc) is 3.28. The van der Waals surface area contributed by atoms with Gasteiger partial charge in [0.2, 0.25) is 0 Å². The van der Waals surface area contributed by atoms with Gasteiger partial charge in [-0.1, -0.05) is 54.6 Å². The molecule has 1 atom stereocenters. The predicted octanol–water partition coefficient (Wildman–Crippen LogP) is 6.23. The largest absolute Gasteiger partial charge is 0.363 e. The molecule has 4 nitrogen and oxygen atoms in total. The van der Waals surface area contributed by atoms with E-state index in [0.29, 0.717) is 6.42 Å². The monoisotopic (exact) mass is 453 g/mol. The smallest absolute Gasteiger partial charge is 0.134 e. The van der Waals surface area contributed by atoms with Crippen molar-refractivity contribution in [3.05, 3.63) is 88.9 Å². The van der Waals surface area contributed by atoms with Crippen LogP contribution in [0.15, 0.2) is 72.8 Å². The zero-order valence-corrected chi connectivity index (χ0v) is 19.6. The number of para-hydroxylation sites is 1. The molecule has 0 radical (unpaired) electrons. The fraction of sp³-hybridized carbons (Fsp3) is 0.286. The van der Waals surface area contributed by atoms with Gasteiger partial charge in [-0.05, 0) is 60.3 Å². The number of thiazole rings is 1. The Morgan fingerprint density at radius 2 is 1.79 bits per heavy atom. The van der Waals surface area contributed by atoms with E-state index < -0.39 is 0 Å². The van der Waals surface area contributed by atoms with Crippen molar-refractivity contribution >= 4 is 21.6 Å². The first-order valence-corrected chi connectivity index (χ1v) is 12.3. The molecule has 0 aliphatic carbocycles. The molecule has 0 N–H and O–H groups in total. The molecule has 0 bridgehead atoms. The van der Waals surface area contributed by atoms with Crippen LogP contribution in [0.4, 0.5) is 0 Å². The SMILES string of the molecule is CN1CCC(OC(c2cccc(-c3cccc(CC#N)c3)c2)c2nc3ccccc3s2)CC1. The fourth-order valence-electron chi connectivity index (χ4n) is 4.43. The molecule has 1 fully saturated rings. The Balaban J connectivity index is 1.51. The maximum Gasteiger partial charge on any atom is 0.134 e. The number of nitriles is 1. The molecule has 3 aromatic carbocycles. The van der Waals surface area contributed by atoms with Crippen LogP contribution in [-0.2, 0) is 11.2 Å². The number of piperidine rings is 1. The number of fused-ring (bicyclic) bond motifs is 1. The van der Waals surface area contributed by atoms with Gasteiger partial charge in [-0.25, -0.2) is 4.98 Å². The Labute approximate surface area is 199 Å². The van der Waals surface area contributed by atoms with Crippen molar-refractivity contribution in [3.63, 3.8) is 0 Å². The Morgan fingerprint density at radius 3 is 2.58 bits per heavy atom. The standard InChI is InChI=1S/C28H27N3OS/c1-31-16-13-24(14-17-31)32-27(28-30-25-10-2-3-11-26(25)33-28)23-9-5-8-22(19-23)21-7-4-6-20(18-21)12-15-29/h2-11,18-19,24,27H,12-14,16-17H2,1H3. The molecule has 33 heavy (non-hydrogen) atoms. The molecular formula is C28H27N3OS. The second-order valence-corrected chi connectivity index (χ2v) is 9.76. The highest BCUT2D eigenvalue weighted by Crippen LogP contribution is 2.36. The average molecular weight is 454 g/mol. The maximum atomic E-state index is 9.08. The second kappa shape index (κ2) is 9.84. The van der Waals surface area contributed by atoms with Crippen LogP contribution < -0.4 is 0 Å². The molecule has 0 amide bonds. The first kappa shape index (κ1) is 21.8. The third-order valence-corrected chi connectivity index (χ3v) is 7.34. The van der Waals surface area contributed by atoms with Gasteiger partial charge >= 0.3 is 0 Å². The summed E-state index contributed by atoms with van der Waals surface area (Å²) in [6.07, 6.45) is 2.52. The van der Waals surface area contributed by atoms with Crippen LogP contribution in [0.1, 0.15) is 35.1 Å². The molecule has 1 aliphatic rings. The van der Waals surface area contributed by atoms with Gasteiger partial charge in [-0.3, -0.25) is 0 Å². The third-order valence-electron chi connectivity index (χ3n) is 6.26. The highest BCUT2D eigenvalue weighted by atomic mass is 32.1. The summed E-state index contributed by atoms with van der Waals surface area (Å²) in [7, 11) is 2.17. The van der Waals surface area contributed by atoms with E-state index in [1.807, 2.05) is 18.2 Å². The maximum absolute atomic E-state index is 9.08. The zero-order valence-electron chi connectivity index (χ0n) is 18.8. The van der Waals surface area contributed by atoms with E-state index in [1.165, 1.54) is 4.70 Å². The quantitative estimate of drug-likeness (QED) is 0.347. The normalized spacial score (nSPS) is 16.0. The molecular weight excluding hydrogens is 426 g/mol. The van der Waals surface area contributed by atoms with Gasteiger partial charge in [0.15, 0.2) is 0 Å². The highest BCUT2D eigenvalue weighted by Gasteiger charge is 2.26. The summed E-state index contributed by atoms with van der Waals surface area (Å²) in [4.78, 5) is 7.32. The number of rotatable bonds is 6. The minimum absolute atomic E-state index is 0.196. The number of aromatic nitrogens is 1. The molecule has 5 rings (SSSR count). The molecule has 0 spiro atoms. The number of benzene rings is 3. The summed E-state index contributed by atoms with van der Waals surface area (Å²) in [5, 5.41) is 10.1. The molecule has 0 saturated carbocycles. The molecule has 2 heterocycles. The Bertz CT molecular complexity index is 1250. The van der Waals surface area contributed by atoms with E-state index in [9.17, 15) is 0 Å². The first-order chi connectivity index (χ1) is 16.2. The summed E-state index contributed by atoms with van der Waals surface area (Å²) in [6.45, 7) is 2.12. The van der Waals surface area contributed by atoms with Crippen molar-refractivity contribution in [2.45, 2.75) is 31.5 Å². The van der Waals surface area contributed by atoms with Crippen LogP contribution in [0, 0.1) is 11.3 Å². The van der Waals surface area contributed by atoms with Crippen molar-refractivity contribution in [2.75, 3.05) is 20.1 Å². The number of hydrogen-bond donors (Lipinski definition) is 0. The van der Waals surface area contributed by atoms with Crippen molar-refractivity contribution < 1.29 is 4.74 Å². The van der Waals surface area contributed by atoms with Crippen molar-refractivity contribution in [3.8, 4) is 17.2 Å². The van der Waals surface area contributed by atoms with E-state index in [1.54, 1.807) is 11.3 Å². The lowest BCUT2D eigenvalue weighted by molar-refractivity contribution is -0.0234. The summed E-state index contributed by atoms with van der Waals surface area (Å²) in [5.74, 6) is 0. The fourth-order valence-corrected chi connectivity index (χ4v) is 5.46. The lowest BCUT2D eigenvalue weighted by Gasteiger charge is -2.31. The molecule has 166 valence electrons. The topological polar surface area (TPSA) is 49.1 Å². The molecule has 1 aromatic heterocycles.